The van der Waals surface area contributed by atoms with E-state index in [1.807, 2.05) is 72.7 Å². The van der Waals surface area contributed by atoms with Crippen LogP contribution < -0.4 is 4.90 Å². The second kappa shape index (κ2) is 9.41. The summed E-state index contributed by atoms with van der Waals surface area (Å²) in [7, 11) is 0. The summed E-state index contributed by atoms with van der Waals surface area (Å²) in [6, 6.07) is 17.5. The number of halogens is 2. The summed E-state index contributed by atoms with van der Waals surface area (Å²) in [5.41, 5.74) is 2.94. The lowest BCUT2D eigenvalue weighted by Gasteiger charge is -2.34. The van der Waals surface area contributed by atoms with Gasteiger partial charge in [0.1, 0.15) is 11.6 Å². The van der Waals surface area contributed by atoms with Crippen LogP contribution in [0.15, 0.2) is 71.9 Å². The summed E-state index contributed by atoms with van der Waals surface area (Å²) < 4.78 is 29.8. The summed E-state index contributed by atoms with van der Waals surface area (Å²) in [4.78, 5) is 31.9. The molecule has 0 fully saturated rings. The molecule has 198 valence electrons. The number of amides is 1. The molecular formula is C30H28F2N6O. The number of rotatable bonds is 6. The zero-order chi connectivity index (χ0) is 27.3. The highest BCUT2D eigenvalue weighted by Crippen LogP contribution is 2.39. The molecule has 0 atom stereocenters. The first-order valence-corrected chi connectivity index (χ1v) is 13.0. The van der Waals surface area contributed by atoms with Crippen molar-refractivity contribution in [1.82, 2.24) is 19.4 Å². The SMILES string of the molecule is CCCN1C(=O)c2nc(-c3ccc(-c4ccccc4)nc3)n(Cc3ccc(F)c(F)c3)c2N2CC(C)(C)N=C12. The van der Waals surface area contributed by atoms with Crippen LogP contribution >= 0.6 is 0 Å². The fourth-order valence-corrected chi connectivity index (χ4v) is 5.20. The topological polar surface area (TPSA) is 66.6 Å². The van der Waals surface area contributed by atoms with E-state index in [0.29, 0.717) is 47.5 Å². The van der Waals surface area contributed by atoms with Crippen molar-refractivity contribution in [3.05, 3.63) is 89.8 Å². The van der Waals surface area contributed by atoms with E-state index in [1.165, 1.54) is 6.07 Å². The number of hydrogen-bond donors (Lipinski definition) is 0. The maximum Gasteiger partial charge on any atom is 0.283 e. The molecule has 2 aromatic heterocycles. The Hall–Kier alpha value is -4.40. The van der Waals surface area contributed by atoms with Gasteiger partial charge in [-0.3, -0.25) is 19.6 Å². The van der Waals surface area contributed by atoms with E-state index >= 15 is 0 Å². The lowest BCUT2D eigenvalue weighted by Crippen LogP contribution is -2.51. The molecular weight excluding hydrogens is 498 g/mol. The molecule has 1 amide bonds. The number of fused-ring (bicyclic) bond motifs is 3. The van der Waals surface area contributed by atoms with Gasteiger partial charge in [0.25, 0.3) is 5.91 Å². The molecule has 2 aliphatic rings. The van der Waals surface area contributed by atoms with Crippen LogP contribution in [0, 0.1) is 11.6 Å². The number of imidazole rings is 1. The van der Waals surface area contributed by atoms with Crippen LogP contribution in [-0.4, -0.2) is 49.9 Å². The van der Waals surface area contributed by atoms with Crippen molar-refractivity contribution in [3.8, 4) is 22.6 Å². The predicted octanol–water partition coefficient (Wildman–Crippen LogP) is 5.76. The lowest BCUT2D eigenvalue weighted by atomic mass is 10.1. The Morgan fingerprint density at radius 3 is 2.46 bits per heavy atom. The smallest absolute Gasteiger partial charge is 0.283 e. The average molecular weight is 527 g/mol. The Bertz CT molecular complexity index is 1590. The highest BCUT2D eigenvalue weighted by atomic mass is 19.2. The van der Waals surface area contributed by atoms with Gasteiger partial charge in [-0.1, -0.05) is 43.3 Å². The van der Waals surface area contributed by atoms with Crippen LogP contribution in [0.5, 0.6) is 0 Å². The van der Waals surface area contributed by atoms with E-state index in [1.54, 1.807) is 17.2 Å². The molecule has 9 heteroatoms. The molecule has 2 aromatic carbocycles. The molecule has 0 N–H and O–H groups in total. The monoisotopic (exact) mass is 526 g/mol. The number of carbonyl (C=O) groups is 1. The molecule has 0 unspecified atom stereocenters. The number of carbonyl (C=O) groups excluding carboxylic acids is 1. The van der Waals surface area contributed by atoms with Gasteiger partial charge in [-0.05, 0) is 50.1 Å². The molecule has 0 saturated carbocycles. The van der Waals surface area contributed by atoms with Gasteiger partial charge in [0.2, 0.25) is 5.96 Å². The first-order valence-electron chi connectivity index (χ1n) is 13.0. The fourth-order valence-electron chi connectivity index (χ4n) is 5.20. The average Bonchev–Trinajstić information content (AvgIpc) is 3.46. The Morgan fingerprint density at radius 1 is 0.974 bits per heavy atom. The highest BCUT2D eigenvalue weighted by Gasteiger charge is 2.46. The summed E-state index contributed by atoms with van der Waals surface area (Å²) in [5, 5.41) is 0. The summed E-state index contributed by atoms with van der Waals surface area (Å²) in [6.45, 7) is 7.31. The molecule has 2 aliphatic heterocycles. The molecule has 0 aliphatic carbocycles. The van der Waals surface area contributed by atoms with Crippen LogP contribution in [0.2, 0.25) is 0 Å². The van der Waals surface area contributed by atoms with E-state index in [0.717, 1.165) is 23.7 Å². The zero-order valence-corrected chi connectivity index (χ0v) is 22.0. The molecule has 0 saturated heterocycles. The number of benzene rings is 2. The largest absolute Gasteiger partial charge is 0.305 e. The molecule has 0 radical (unpaired) electrons. The lowest BCUT2D eigenvalue weighted by molar-refractivity contribution is 0.0835. The second-order valence-corrected chi connectivity index (χ2v) is 10.5. The van der Waals surface area contributed by atoms with Crippen LogP contribution in [-0.2, 0) is 6.54 Å². The van der Waals surface area contributed by atoms with Gasteiger partial charge in [-0.15, -0.1) is 0 Å². The summed E-state index contributed by atoms with van der Waals surface area (Å²) in [5.74, 6) is -0.343. The second-order valence-electron chi connectivity index (χ2n) is 10.5. The maximum atomic E-state index is 14.2. The van der Waals surface area contributed by atoms with Crippen molar-refractivity contribution in [2.75, 3.05) is 18.0 Å². The van der Waals surface area contributed by atoms with Crippen LogP contribution in [0.25, 0.3) is 22.6 Å². The Kier molecular flexibility index (Phi) is 6.01. The van der Waals surface area contributed by atoms with Gasteiger partial charge < -0.3 is 4.57 Å². The first-order chi connectivity index (χ1) is 18.8. The van der Waals surface area contributed by atoms with Crippen molar-refractivity contribution in [2.45, 2.75) is 39.3 Å². The molecule has 7 nitrogen and oxygen atoms in total. The number of aliphatic imine (C=N–C) groups is 1. The minimum Gasteiger partial charge on any atom is -0.305 e. The molecule has 4 heterocycles. The van der Waals surface area contributed by atoms with Gasteiger partial charge in [0, 0.05) is 23.9 Å². The van der Waals surface area contributed by atoms with Gasteiger partial charge >= 0.3 is 0 Å². The van der Waals surface area contributed by atoms with Crippen LogP contribution in [0.4, 0.5) is 14.6 Å². The maximum absolute atomic E-state index is 14.2. The van der Waals surface area contributed by atoms with E-state index in [4.69, 9.17) is 9.98 Å². The summed E-state index contributed by atoms with van der Waals surface area (Å²) in [6.07, 6.45) is 2.50. The van der Waals surface area contributed by atoms with Gasteiger partial charge in [-0.25, -0.2) is 18.8 Å². The van der Waals surface area contributed by atoms with E-state index in [2.05, 4.69) is 4.98 Å². The van der Waals surface area contributed by atoms with Crippen molar-refractivity contribution < 1.29 is 13.6 Å². The third kappa shape index (κ3) is 4.37. The molecule has 0 spiro atoms. The van der Waals surface area contributed by atoms with Crippen molar-refractivity contribution in [3.63, 3.8) is 0 Å². The molecule has 4 aromatic rings. The number of anilines is 1. The van der Waals surface area contributed by atoms with Crippen LogP contribution in [0.1, 0.15) is 43.2 Å². The quantitative estimate of drug-likeness (QED) is 0.321. The third-order valence-corrected chi connectivity index (χ3v) is 6.94. The van der Waals surface area contributed by atoms with Crippen molar-refractivity contribution in [2.24, 2.45) is 4.99 Å². The van der Waals surface area contributed by atoms with E-state index in [9.17, 15) is 13.6 Å². The minimum absolute atomic E-state index is 0.181. The molecule has 6 rings (SSSR count). The van der Waals surface area contributed by atoms with Crippen LogP contribution in [0.3, 0.4) is 0 Å². The standard InChI is InChI=1S/C30H28F2N6O/c1-4-14-36-28(39)25-27(38-18-30(2,3)35-29(36)38)37(17-19-10-12-22(31)23(32)15-19)26(34-25)21-11-13-24(33-16-21)20-8-6-5-7-9-20/h5-13,15-16H,4,14,17-18H2,1-3H3. The number of hydrogen-bond acceptors (Lipinski definition) is 5. The van der Waals surface area contributed by atoms with E-state index < -0.39 is 17.2 Å². The van der Waals surface area contributed by atoms with Gasteiger partial charge in [-0.2, -0.15) is 0 Å². The zero-order valence-electron chi connectivity index (χ0n) is 22.0. The van der Waals surface area contributed by atoms with Gasteiger partial charge in [0.15, 0.2) is 17.3 Å². The number of aromatic nitrogens is 3. The molecule has 39 heavy (non-hydrogen) atoms. The minimum atomic E-state index is -0.924. The van der Waals surface area contributed by atoms with E-state index in [-0.39, 0.29) is 12.5 Å². The Balaban J connectivity index is 1.51. The predicted molar refractivity (Wildman–Crippen MR) is 147 cm³/mol. The normalized spacial score (nSPS) is 15.8. The Morgan fingerprint density at radius 2 is 1.77 bits per heavy atom. The first kappa shape index (κ1) is 24.9. The fraction of sp³-hybridized carbons (Fsp3) is 0.267. The number of guanidine groups is 1. The Labute approximate surface area is 225 Å². The highest BCUT2D eigenvalue weighted by molar-refractivity contribution is 6.18. The number of nitrogens with zero attached hydrogens (tertiary/aromatic N) is 6. The van der Waals surface area contributed by atoms with Gasteiger partial charge in [0.05, 0.1) is 24.3 Å². The third-order valence-electron chi connectivity index (χ3n) is 6.94. The summed E-state index contributed by atoms with van der Waals surface area (Å²) >= 11 is 0. The molecule has 0 bridgehead atoms. The van der Waals surface area contributed by atoms with Crippen molar-refractivity contribution >= 4 is 17.7 Å². The number of pyridine rings is 1. The van der Waals surface area contributed by atoms with Crippen molar-refractivity contribution in [1.29, 1.82) is 0 Å².